The lowest BCUT2D eigenvalue weighted by atomic mass is 9.90. The van der Waals surface area contributed by atoms with Gasteiger partial charge in [0.1, 0.15) is 0 Å². The second-order valence-corrected chi connectivity index (χ2v) is 5.76. The molecule has 1 aromatic heterocycles. The van der Waals surface area contributed by atoms with Crippen LogP contribution in [0.4, 0.5) is 4.39 Å². The number of rotatable bonds is 4. The Morgan fingerprint density at radius 3 is 2.59 bits per heavy atom. The minimum atomic E-state index is -0.285. The first-order chi connectivity index (χ1) is 10.8. The molecule has 0 unspecified atom stereocenters. The number of pyridine rings is 1. The van der Waals surface area contributed by atoms with Crippen LogP contribution in [0.25, 0.3) is 0 Å². The SMILES string of the molecule is COc1c(F)cccc1CN1CCC(c2ccncc2)CC1. The molecular formula is C18H21FN2O. The lowest BCUT2D eigenvalue weighted by molar-refractivity contribution is 0.202. The number of aromatic nitrogens is 1. The Balaban J connectivity index is 1.62. The third-order valence-electron chi connectivity index (χ3n) is 4.41. The number of piperidine rings is 1. The van der Waals surface area contributed by atoms with Crippen LogP contribution in [0.5, 0.6) is 5.75 Å². The number of likely N-dealkylation sites (tertiary alicyclic amines) is 1. The number of hydrogen-bond acceptors (Lipinski definition) is 3. The minimum Gasteiger partial charge on any atom is -0.493 e. The van der Waals surface area contributed by atoms with Crippen LogP contribution in [0.2, 0.25) is 0 Å². The molecule has 2 aromatic rings. The molecule has 0 spiro atoms. The Morgan fingerprint density at radius 2 is 1.91 bits per heavy atom. The van der Waals surface area contributed by atoms with Crippen LogP contribution in [-0.2, 0) is 6.54 Å². The molecule has 1 aliphatic heterocycles. The van der Waals surface area contributed by atoms with Crippen molar-refractivity contribution in [1.82, 2.24) is 9.88 Å². The fraction of sp³-hybridized carbons (Fsp3) is 0.389. The van der Waals surface area contributed by atoms with Crippen molar-refractivity contribution < 1.29 is 9.13 Å². The average Bonchev–Trinajstić information content (AvgIpc) is 2.57. The van der Waals surface area contributed by atoms with E-state index in [1.807, 2.05) is 18.5 Å². The second kappa shape index (κ2) is 6.88. The molecule has 1 aromatic carbocycles. The number of para-hydroxylation sites is 1. The van der Waals surface area contributed by atoms with E-state index >= 15 is 0 Å². The molecule has 0 aliphatic carbocycles. The molecule has 4 heteroatoms. The molecule has 0 saturated carbocycles. The predicted molar refractivity (Wildman–Crippen MR) is 84.4 cm³/mol. The van der Waals surface area contributed by atoms with Gasteiger partial charge in [-0.3, -0.25) is 9.88 Å². The zero-order valence-electron chi connectivity index (χ0n) is 12.8. The highest BCUT2D eigenvalue weighted by Crippen LogP contribution is 2.30. The predicted octanol–water partition coefficient (Wildman–Crippen LogP) is 3.61. The lowest BCUT2D eigenvalue weighted by Crippen LogP contribution is -2.32. The molecule has 116 valence electrons. The van der Waals surface area contributed by atoms with Crippen LogP contribution in [0, 0.1) is 5.82 Å². The fourth-order valence-corrected chi connectivity index (χ4v) is 3.21. The summed E-state index contributed by atoms with van der Waals surface area (Å²) < 4.78 is 18.9. The zero-order valence-corrected chi connectivity index (χ0v) is 12.8. The molecule has 0 bridgehead atoms. The number of methoxy groups -OCH3 is 1. The van der Waals surface area contributed by atoms with Crippen molar-refractivity contribution in [1.29, 1.82) is 0 Å². The number of benzene rings is 1. The van der Waals surface area contributed by atoms with Crippen molar-refractivity contribution in [2.45, 2.75) is 25.3 Å². The van der Waals surface area contributed by atoms with Gasteiger partial charge in [0.25, 0.3) is 0 Å². The van der Waals surface area contributed by atoms with Crippen molar-refractivity contribution in [3.8, 4) is 5.75 Å². The summed E-state index contributed by atoms with van der Waals surface area (Å²) in [6.45, 7) is 2.78. The standard InChI is InChI=1S/C18H21FN2O/c1-22-18-16(3-2-4-17(18)19)13-21-11-7-15(8-12-21)14-5-9-20-10-6-14/h2-6,9-10,15H,7-8,11-13H2,1H3. The van der Waals surface area contributed by atoms with E-state index < -0.39 is 0 Å². The van der Waals surface area contributed by atoms with Crippen molar-refractivity contribution in [3.63, 3.8) is 0 Å². The molecule has 1 aliphatic rings. The van der Waals surface area contributed by atoms with Crippen LogP contribution in [0.15, 0.2) is 42.7 Å². The third kappa shape index (κ3) is 3.28. The Kier molecular flexibility index (Phi) is 4.68. The summed E-state index contributed by atoms with van der Waals surface area (Å²) in [5, 5.41) is 0. The van der Waals surface area contributed by atoms with Gasteiger partial charge in [0.2, 0.25) is 0 Å². The Hall–Kier alpha value is -1.94. The number of hydrogen-bond donors (Lipinski definition) is 0. The topological polar surface area (TPSA) is 25.4 Å². The molecule has 1 fully saturated rings. The zero-order chi connectivity index (χ0) is 15.4. The molecule has 22 heavy (non-hydrogen) atoms. The van der Waals surface area contributed by atoms with Crippen molar-refractivity contribution >= 4 is 0 Å². The van der Waals surface area contributed by atoms with Gasteiger partial charge < -0.3 is 4.74 Å². The van der Waals surface area contributed by atoms with E-state index in [-0.39, 0.29) is 5.82 Å². The summed E-state index contributed by atoms with van der Waals surface area (Å²) in [6, 6.07) is 9.34. The first kappa shape index (κ1) is 15.0. The van der Waals surface area contributed by atoms with Gasteiger partial charge in [-0.25, -0.2) is 4.39 Å². The van der Waals surface area contributed by atoms with Gasteiger partial charge in [0, 0.05) is 24.5 Å². The molecule has 3 rings (SSSR count). The quantitative estimate of drug-likeness (QED) is 0.862. The molecule has 2 heterocycles. The van der Waals surface area contributed by atoms with Gasteiger partial charge in [0.05, 0.1) is 7.11 Å². The fourth-order valence-electron chi connectivity index (χ4n) is 3.21. The highest BCUT2D eigenvalue weighted by Gasteiger charge is 2.21. The van der Waals surface area contributed by atoms with Gasteiger partial charge >= 0.3 is 0 Å². The third-order valence-corrected chi connectivity index (χ3v) is 4.41. The van der Waals surface area contributed by atoms with E-state index in [1.54, 1.807) is 6.07 Å². The molecule has 3 nitrogen and oxygen atoms in total. The van der Waals surface area contributed by atoms with Crippen LogP contribution in [0.3, 0.4) is 0 Å². The monoisotopic (exact) mass is 300 g/mol. The largest absolute Gasteiger partial charge is 0.493 e. The molecule has 0 radical (unpaired) electrons. The maximum atomic E-state index is 13.7. The van der Waals surface area contributed by atoms with Gasteiger partial charge in [-0.1, -0.05) is 12.1 Å². The maximum Gasteiger partial charge on any atom is 0.165 e. The maximum absolute atomic E-state index is 13.7. The van der Waals surface area contributed by atoms with E-state index in [1.165, 1.54) is 18.7 Å². The normalized spacial score (nSPS) is 16.6. The van der Waals surface area contributed by atoms with Crippen molar-refractivity contribution in [2.75, 3.05) is 20.2 Å². The van der Waals surface area contributed by atoms with E-state index in [0.717, 1.165) is 38.0 Å². The van der Waals surface area contributed by atoms with Crippen LogP contribution < -0.4 is 4.74 Å². The summed E-state index contributed by atoms with van der Waals surface area (Å²) >= 11 is 0. The summed E-state index contributed by atoms with van der Waals surface area (Å²) in [6.07, 6.45) is 5.97. The highest BCUT2D eigenvalue weighted by molar-refractivity contribution is 5.34. The van der Waals surface area contributed by atoms with Crippen molar-refractivity contribution in [2.24, 2.45) is 0 Å². The summed E-state index contributed by atoms with van der Waals surface area (Å²) in [7, 11) is 1.53. The van der Waals surface area contributed by atoms with Gasteiger partial charge in [-0.05, 0) is 55.6 Å². The van der Waals surface area contributed by atoms with Gasteiger partial charge in [-0.15, -0.1) is 0 Å². The first-order valence-corrected chi connectivity index (χ1v) is 7.71. The molecule has 0 N–H and O–H groups in total. The minimum absolute atomic E-state index is 0.285. The van der Waals surface area contributed by atoms with Crippen LogP contribution in [-0.4, -0.2) is 30.1 Å². The summed E-state index contributed by atoms with van der Waals surface area (Å²) in [4.78, 5) is 6.45. The van der Waals surface area contributed by atoms with E-state index in [4.69, 9.17) is 4.74 Å². The smallest absolute Gasteiger partial charge is 0.165 e. The molecule has 0 amide bonds. The average molecular weight is 300 g/mol. The van der Waals surface area contributed by atoms with Crippen LogP contribution in [0.1, 0.15) is 29.9 Å². The van der Waals surface area contributed by atoms with Gasteiger partial charge in [0.15, 0.2) is 11.6 Å². The van der Waals surface area contributed by atoms with Gasteiger partial charge in [-0.2, -0.15) is 0 Å². The number of halogens is 1. The highest BCUT2D eigenvalue weighted by atomic mass is 19.1. The Labute approximate surface area is 130 Å². The second-order valence-electron chi connectivity index (χ2n) is 5.76. The Morgan fingerprint density at radius 1 is 1.18 bits per heavy atom. The van der Waals surface area contributed by atoms with E-state index in [0.29, 0.717) is 11.7 Å². The lowest BCUT2D eigenvalue weighted by Gasteiger charge is -2.32. The summed E-state index contributed by atoms with van der Waals surface area (Å²) in [5.41, 5.74) is 2.29. The first-order valence-electron chi connectivity index (χ1n) is 7.71. The molecular weight excluding hydrogens is 279 g/mol. The summed E-state index contributed by atoms with van der Waals surface area (Å²) in [5.74, 6) is 0.694. The Bertz CT molecular complexity index is 610. The van der Waals surface area contributed by atoms with Crippen molar-refractivity contribution in [3.05, 3.63) is 59.7 Å². The van der Waals surface area contributed by atoms with E-state index in [9.17, 15) is 4.39 Å². The van der Waals surface area contributed by atoms with E-state index in [2.05, 4.69) is 22.0 Å². The molecule has 0 atom stereocenters. The number of nitrogens with zero attached hydrogens (tertiary/aromatic N) is 2. The number of ether oxygens (including phenoxy) is 1. The van der Waals surface area contributed by atoms with Crippen LogP contribution >= 0.6 is 0 Å². The molecule has 1 saturated heterocycles.